The maximum absolute atomic E-state index is 9.56. The minimum atomic E-state index is -0.939. The molecule has 68 valence electrons. The highest BCUT2D eigenvalue weighted by molar-refractivity contribution is 5.14. The SMILES string of the molecule is Cn1nc(C(C)(C)O)cc1CO. The molecule has 0 saturated heterocycles. The predicted octanol–water partition coefficient (Wildman–Crippen LogP) is 0.140. The van der Waals surface area contributed by atoms with E-state index in [1.165, 1.54) is 0 Å². The molecule has 0 amide bonds. The maximum Gasteiger partial charge on any atom is 0.103 e. The minimum absolute atomic E-state index is 0.0560. The number of nitrogens with zero attached hydrogens (tertiary/aromatic N) is 2. The summed E-state index contributed by atoms with van der Waals surface area (Å²) >= 11 is 0. The monoisotopic (exact) mass is 170 g/mol. The fraction of sp³-hybridized carbons (Fsp3) is 0.625. The summed E-state index contributed by atoms with van der Waals surface area (Å²) in [7, 11) is 1.74. The molecule has 0 unspecified atom stereocenters. The summed E-state index contributed by atoms with van der Waals surface area (Å²) in [5.74, 6) is 0. The van der Waals surface area contributed by atoms with Crippen molar-refractivity contribution >= 4 is 0 Å². The van der Waals surface area contributed by atoms with Crippen LogP contribution in [0.5, 0.6) is 0 Å². The molecular weight excluding hydrogens is 156 g/mol. The van der Waals surface area contributed by atoms with Crippen molar-refractivity contribution in [2.24, 2.45) is 7.05 Å². The van der Waals surface area contributed by atoms with Gasteiger partial charge in [0.25, 0.3) is 0 Å². The normalized spacial score (nSPS) is 12.1. The van der Waals surface area contributed by atoms with Crippen molar-refractivity contribution in [1.29, 1.82) is 0 Å². The molecule has 2 N–H and O–H groups in total. The Morgan fingerprint density at radius 2 is 2.17 bits per heavy atom. The van der Waals surface area contributed by atoms with Crippen LogP contribution in [-0.4, -0.2) is 20.0 Å². The number of rotatable bonds is 2. The van der Waals surface area contributed by atoms with E-state index < -0.39 is 5.60 Å². The first-order valence-electron chi connectivity index (χ1n) is 3.82. The molecule has 0 saturated carbocycles. The topological polar surface area (TPSA) is 58.3 Å². The highest BCUT2D eigenvalue weighted by atomic mass is 16.3. The predicted molar refractivity (Wildman–Crippen MR) is 44.4 cm³/mol. The molecule has 4 heteroatoms. The number of aromatic nitrogens is 2. The highest BCUT2D eigenvalue weighted by Gasteiger charge is 2.20. The van der Waals surface area contributed by atoms with Gasteiger partial charge in [-0.15, -0.1) is 0 Å². The molecule has 4 nitrogen and oxygen atoms in total. The van der Waals surface area contributed by atoms with Gasteiger partial charge in [0.15, 0.2) is 0 Å². The van der Waals surface area contributed by atoms with Crippen LogP contribution in [0, 0.1) is 0 Å². The Kier molecular flexibility index (Phi) is 2.21. The van der Waals surface area contributed by atoms with Gasteiger partial charge in [0.05, 0.1) is 18.0 Å². The molecule has 0 aliphatic rings. The number of hydrogen-bond acceptors (Lipinski definition) is 3. The van der Waals surface area contributed by atoms with Crippen molar-refractivity contribution in [2.45, 2.75) is 26.1 Å². The van der Waals surface area contributed by atoms with E-state index in [9.17, 15) is 5.11 Å². The van der Waals surface area contributed by atoms with Crippen LogP contribution in [0.1, 0.15) is 25.2 Å². The Balaban J connectivity index is 3.05. The molecule has 0 aromatic carbocycles. The van der Waals surface area contributed by atoms with Crippen molar-refractivity contribution in [3.05, 3.63) is 17.5 Å². The lowest BCUT2D eigenvalue weighted by atomic mass is 10.1. The van der Waals surface area contributed by atoms with Crippen LogP contribution >= 0.6 is 0 Å². The molecule has 0 fully saturated rings. The lowest BCUT2D eigenvalue weighted by molar-refractivity contribution is 0.0732. The molecule has 12 heavy (non-hydrogen) atoms. The molecule has 1 rings (SSSR count). The van der Waals surface area contributed by atoms with Crippen molar-refractivity contribution < 1.29 is 10.2 Å². The first-order chi connectivity index (χ1) is 5.45. The summed E-state index contributed by atoms with van der Waals surface area (Å²) in [5.41, 5.74) is 0.340. The van der Waals surface area contributed by atoms with Crippen molar-refractivity contribution in [3.63, 3.8) is 0 Å². The van der Waals surface area contributed by atoms with Crippen molar-refractivity contribution in [1.82, 2.24) is 9.78 Å². The summed E-state index contributed by atoms with van der Waals surface area (Å²) in [4.78, 5) is 0. The van der Waals surface area contributed by atoms with Crippen LogP contribution in [0.15, 0.2) is 6.07 Å². The van der Waals surface area contributed by atoms with Crippen LogP contribution in [0.2, 0.25) is 0 Å². The van der Waals surface area contributed by atoms with Gasteiger partial charge in [-0.25, -0.2) is 0 Å². The Labute approximate surface area is 71.5 Å². The summed E-state index contributed by atoms with van der Waals surface area (Å²) in [5, 5.41) is 22.5. The van der Waals surface area contributed by atoms with Crippen molar-refractivity contribution in [2.75, 3.05) is 0 Å². The second-order valence-corrected chi connectivity index (χ2v) is 3.36. The maximum atomic E-state index is 9.56. The number of aliphatic hydroxyl groups excluding tert-OH is 1. The Morgan fingerprint density at radius 1 is 1.58 bits per heavy atom. The van der Waals surface area contributed by atoms with E-state index in [-0.39, 0.29) is 6.61 Å². The number of aryl methyl sites for hydroxylation is 1. The van der Waals surface area contributed by atoms with E-state index in [1.54, 1.807) is 31.6 Å². The zero-order valence-electron chi connectivity index (χ0n) is 7.57. The highest BCUT2D eigenvalue weighted by Crippen LogP contribution is 2.18. The van der Waals surface area contributed by atoms with E-state index in [4.69, 9.17) is 5.11 Å². The first-order valence-corrected chi connectivity index (χ1v) is 3.82. The molecule has 1 aromatic rings. The molecular formula is C8H14N2O2. The van der Waals surface area contributed by atoms with Crippen LogP contribution in [-0.2, 0) is 19.3 Å². The Bertz CT molecular complexity index is 273. The average molecular weight is 170 g/mol. The molecule has 0 aliphatic carbocycles. The summed E-state index contributed by atoms with van der Waals surface area (Å²) in [6, 6.07) is 1.69. The van der Waals surface area contributed by atoms with Crippen LogP contribution in [0.25, 0.3) is 0 Å². The molecule has 0 radical (unpaired) electrons. The van der Waals surface area contributed by atoms with E-state index >= 15 is 0 Å². The third-order valence-corrected chi connectivity index (χ3v) is 1.77. The fourth-order valence-corrected chi connectivity index (χ4v) is 0.953. The van der Waals surface area contributed by atoms with Gasteiger partial charge in [0.1, 0.15) is 5.60 Å². The van der Waals surface area contributed by atoms with Gasteiger partial charge in [0, 0.05) is 7.05 Å². The van der Waals surface area contributed by atoms with Gasteiger partial charge in [-0.1, -0.05) is 0 Å². The zero-order chi connectivity index (χ0) is 9.35. The second kappa shape index (κ2) is 2.88. The quantitative estimate of drug-likeness (QED) is 0.663. The van der Waals surface area contributed by atoms with E-state index in [1.807, 2.05) is 0 Å². The standard InChI is InChI=1S/C8H14N2O2/c1-8(2,12)7-4-6(5-11)10(3)9-7/h4,11-12H,5H2,1-3H3. The van der Waals surface area contributed by atoms with E-state index in [0.29, 0.717) is 11.4 Å². The van der Waals surface area contributed by atoms with Gasteiger partial charge >= 0.3 is 0 Å². The number of aliphatic hydroxyl groups is 2. The van der Waals surface area contributed by atoms with Gasteiger partial charge in [-0.2, -0.15) is 5.10 Å². The molecule has 0 aliphatic heterocycles. The van der Waals surface area contributed by atoms with E-state index in [0.717, 1.165) is 0 Å². The Hall–Kier alpha value is -0.870. The van der Waals surface area contributed by atoms with Crippen LogP contribution in [0.3, 0.4) is 0 Å². The van der Waals surface area contributed by atoms with Crippen LogP contribution < -0.4 is 0 Å². The summed E-state index contributed by atoms with van der Waals surface area (Å²) in [6.07, 6.45) is 0. The van der Waals surface area contributed by atoms with E-state index in [2.05, 4.69) is 5.10 Å². The lowest BCUT2D eigenvalue weighted by Gasteiger charge is -2.12. The molecule has 0 atom stereocenters. The second-order valence-electron chi connectivity index (χ2n) is 3.36. The molecule has 1 heterocycles. The zero-order valence-corrected chi connectivity index (χ0v) is 7.57. The van der Waals surface area contributed by atoms with Gasteiger partial charge in [0.2, 0.25) is 0 Å². The van der Waals surface area contributed by atoms with Gasteiger partial charge < -0.3 is 10.2 Å². The lowest BCUT2D eigenvalue weighted by Crippen LogP contribution is -2.16. The summed E-state index contributed by atoms with van der Waals surface area (Å²) in [6.45, 7) is 3.27. The van der Waals surface area contributed by atoms with Gasteiger partial charge in [-0.3, -0.25) is 4.68 Å². The third-order valence-electron chi connectivity index (χ3n) is 1.77. The Morgan fingerprint density at radius 3 is 2.42 bits per heavy atom. The summed E-state index contributed by atoms with van der Waals surface area (Å²) < 4.78 is 1.56. The average Bonchev–Trinajstić information content (AvgIpc) is 2.29. The van der Waals surface area contributed by atoms with Gasteiger partial charge in [-0.05, 0) is 19.9 Å². The largest absolute Gasteiger partial charge is 0.390 e. The fourth-order valence-electron chi connectivity index (χ4n) is 0.953. The van der Waals surface area contributed by atoms with Crippen molar-refractivity contribution in [3.8, 4) is 0 Å². The smallest absolute Gasteiger partial charge is 0.103 e. The minimum Gasteiger partial charge on any atom is -0.390 e. The molecule has 0 bridgehead atoms. The number of hydrogen-bond donors (Lipinski definition) is 2. The molecule has 0 spiro atoms. The van der Waals surface area contributed by atoms with Crippen LogP contribution in [0.4, 0.5) is 0 Å². The molecule has 1 aromatic heterocycles. The first kappa shape index (κ1) is 9.22. The third kappa shape index (κ3) is 1.65.